The summed E-state index contributed by atoms with van der Waals surface area (Å²) >= 11 is 0. The van der Waals surface area contributed by atoms with Gasteiger partial charge in [-0.15, -0.1) is 0 Å². The van der Waals surface area contributed by atoms with Gasteiger partial charge in [-0.05, 0) is 31.4 Å². The third-order valence-corrected chi connectivity index (χ3v) is 3.16. The number of fused-ring (bicyclic) bond motifs is 1. The minimum absolute atomic E-state index is 0.0149. The lowest BCUT2D eigenvalue weighted by Gasteiger charge is -2.08. The van der Waals surface area contributed by atoms with Crippen LogP contribution in [-0.4, -0.2) is 21.3 Å². The highest BCUT2D eigenvalue weighted by Crippen LogP contribution is 2.32. The number of carbonyl (C=O) groups excluding carboxylic acids is 1. The summed E-state index contributed by atoms with van der Waals surface area (Å²) < 4.78 is 40.3. The van der Waals surface area contributed by atoms with Gasteiger partial charge in [0.15, 0.2) is 5.69 Å². The third-order valence-electron chi connectivity index (χ3n) is 3.16. The van der Waals surface area contributed by atoms with Crippen molar-refractivity contribution in [2.75, 3.05) is 0 Å². The molecule has 4 nitrogen and oxygen atoms in total. The van der Waals surface area contributed by atoms with E-state index < -0.39 is 23.5 Å². The van der Waals surface area contributed by atoms with E-state index in [1.807, 2.05) is 0 Å². The number of aryl methyl sites for hydroxylation is 1. The maximum Gasteiger partial charge on any atom is 0.435 e. The molecule has 2 heterocycles. The second-order valence-electron chi connectivity index (χ2n) is 4.99. The van der Waals surface area contributed by atoms with Gasteiger partial charge in [-0.2, -0.15) is 13.2 Å². The van der Waals surface area contributed by atoms with Crippen molar-refractivity contribution in [1.29, 1.82) is 0 Å². The van der Waals surface area contributed by atoms with Gasteiger partial charge in [0.05, 0.1) is 0 Å². The molecule has 1 fully saturated rings. The normalized spacial score (nSPS) is 15.6. The molecule has 7 heteroatoms. The molecule has 3 rings (SSSR count). The summed E-state index contributed by atoms with van der Waals surface area (Å²) in [5, 5.41) is 2.58. The Balaban J connectivity index is 2.18. The number of nitrogens with one attached hydrogen (secondary N) is 1. The Bertz CT molecular complexity index is 686. The number of alkyl halides is 3. The van der Waals surface area contributed by atoms with Crippen molar-refractivity contribution in [2.45, 2.75) is 32.0 Å². The van der Waals surface area contributed by atoms with Crippen molar-refractivity contribution in [2.24, 2.45) is 0 Å². The van der Waals surface area contributed by atoms with E-state index in [2.05, 4.69) is 10.3 Å². The smallest absolute Gasteiger partial charge is 0.348 e. The number of carbonyl (C=O) groups is 1. The summed E-state index contributed by atoms with van der Waals surface area (Å²) in [5.41, 5.74) is -0.711. The quantitative estimate of drug-likeness (QED) is 0.920. The van der Waals surface area contributed by atoms with Crippen LogP contribution in [0.1, 0.15) is 34.6 Å². The first kappa shape index (κ1) is 13.0. The zero-order chi connectivity index (χ0) is 14.5. The lowest BCUT2D eigenvalue weighted by Crippen LogP contribution is -2.29. The van der Waals surface area contributed by atoms with Crippen molar-refractivity contribution < 1.29 is 18.0 Å². The predicted octanol–water partition coefficient (Wildman–Crippen LogP) is 2.55. The van der Waals surface area contributed by atoms with Gasteiger partial charge in [-0.25, -0.2) is 4.98 Å². The first-order valence-electron chi connectivity index (χ1n) is 6.23. The fraction of sp³-hybridized carbons (Fsp3) is 0.385. The number of pyridine rings is 1. The molecule has 1 aliphatic carbocycles. The molecule has 1 saturated carbocycles. The molecular formula is C13H12F3N3O. The summed E-state index contributed by atoms with van der Waals surface area (Å²) in [7, 11) is 0. The van der Waals surface area contributed by atoms with Crippen LogP contribution in [0.2, 0.25) is 0 Å². The van der Waals surface area contributed by atoms with E-state index in [1.54, 1.807) is 13.0 Å². The second-order valence-corrected chi connectivity index (χ2v) is 4.99. The van der Waals surface area contributed by atoms with E-state index >= 15 is 0 Å². The fourth-order valence-electron chi connectivity index (χ4n) is 2.05. The average molecular weight is 283 g/mol. The van der Waals surface area contributed by atoms with Crippen LogP contribution in [0.5, 0.6) is 0 Å². The van der Waals surface area contributed by atoms with Gasteiger partial charge in [0.25, 0.3) is 5.91 Å². The number of rotatable bonds is 2. The fourth-order valence-corrected chi connectivity index (χ4v) is 2.05. The molecule has 0 aliphatic heterocycles. The predicted molar refractivity (Wildman–Crippen MR) is 65.4 cm³/mol. The molecular weight excluding hydrogens is 271 g/mol. The molecule has 0 radical (unpaired) electrons. The van der Waals surface area contributed by atoms with Crippen LogP contribution in [0.25, 0.3) is 5.65 Å². The van der Waals surface area contributed by atoms with Gasteiger partial charge in [-0.1, -0.05) is 6.07 Å². The number of hydrogen-bond acceptors (Lipinski definition) is 2. The summed E-state index contributed by atoms with van der Waals surface area (Å²) in [6.07, 6.45) is -1.55. The topological polar surface area (TPSA) is 46.4 Å². The molecule has 1 aliphatic rings. The van der Waals surface area contributed by atoms with Crippen LogP contribution in [0, 0.1) is 6.92 Å². The first-order chi connectivity index (χ1) is 9.36. The number of nitrogens with zero attached hydrogens (tertiary/aromatic N) is 2. The van der Waals surface area contributed by atoms with E-state index in [4.69, 9.17) is 0 Å². The Labute approximate surface area is 112 Å². The van der Waals surface area contributed by atoms with Gasteiger partial charge in [0.1, 0.15) is 11.3 Å². The Morgan fingerprint density at radius 2 is 2.10 bits per heavy atom. The average Bonchev–Trinajstić information content (AvgIpc) is 3.05. The molecule has 1 amide bonds. The highest BCUT2D eigenvalue weighted by molar-refractivity contribution is 5.95. The molecule has 20 heavy (non-hydrogen) atoms. The molecule has 0 atom stereocenters. The van der Waals surface area contributed by atoms with Crippen LogP contribution in [-0.2, 0) is 6.18 Å². The van der Waals surface area contributed by atoms with Gasteiger partial charge in [0, 0.05) is 12.2 Å². The monoisotopic (exact) mass is 283 g/mol. The van der Waals surface area contributed by atoms with E-state index in [0.717, 1.165) is 18.4 Å². The SMILES string of the molecule is Cc1ccc2nc(C(F)(F)F)c(C(=O)NC3CC3)n2c1. The number of halogens is 3. The Kier molecular flexibility index (Phi) is 2.74. The van der Waals surface area contributed by atoms with Crippen molar-refractivity contribution in [1.82, 2.24) is 14.7 Å². The molecule has 0 spiro atoms. The number of hydrogen-bond donors (Lipinski definition) is 1. The van der Waals surface area contributed by atoms with Gasteiger partial charge in [-0.3, -0.25) is 9.20 Å². The first-order valence-corrected chi connectivity index (χ1v) is 6.23. The Morgan fingerprint density at radius 1 is 1.40 bits per heavy atom. The zero-order valence-corrected chi connectivity index (χ0v) is 10.7. The van der Waals surface area contributed by atoms with Crippen molar-refractivity contribution in [3.05, 3.63) is 35.3 Å². The molecule has 0 bridgehead atoms. The van der Waals surface area contributed by atoms with E-state index in [-0.39, 0.29) is 11.7 Å². The highest BCUT2D eigenvalue weighted by Gasteiger charge is 2.40. The maximum atomic E-state index is 13.0. The highest BCUT2D eigenvalue weighted by atomic mass is 19.4. The minimum Gasteiger partial charge on any atom is -0.348 e. The Hall–Kier alpha value is -2.05. The van der Waals surface area contributed by atoms with E-state index in [1.165, 1.54) is 16.7 Å². The number of imidazole rings is 1. The standard InChI is InChI=1S/C13H12F3N3O/c1-7-2-5-9-18-11(13(14,15)16)10(19(9)6-7)12(20)17-8-3-4-8/h2,5-6,8H,3-4H2,1H3,(H,17,20). The van der Waals surface area contributed by atoms with Crippen molar-refractivity contribution in [3.63, 3.8) is 0 Å². The molecule has 1 N–H and O–H groups in total. The lowest BCUT2D eigenvalue weighted by atomic mass is 10.2. The van der Waals surface area contributed by atoms with Gasteiger partial charge in [0.2, 0.25) is 0 Å². The molecule has 0 saturated heterocycles. The molecule has 2 aromatic rings. The zero-order valence-electron chi connectivity index (χ0n) is 10.7. The van der Waals surface area contributed by atoms with Gasteiger partial charge >= 0.3 is 6.18 Å². The van der Waals surface area contributed by atoms with Gasteiger partial charge < -0.3 is 5.32 Å². The number of aromatic nitrogens is 2. The van der Waals surface area contributed by atoms with E-state index in [9.17, 15) is 18.0 Å². The van der Waals surface area contributed by atoms with Crippen LogP contribution in [0.15, 0.2) is 18.3 Å². The lowest BCUT2D eigenvalue weighted by molar-refractivity contribution is -0.141. The summed E-state index contributed by atoms with van der Waals surface area (Å²) in [6.45, 7) is 1.75. The summed E-state index contributed by atoms with van der Waals surface area (Å²) in [4.78, 5) is 15.6. The summed E-state index contributed by atoms with van der Waals surface area (Å²) in [5.74, 6) is -0.724. The van der Waals surface area contributed by atoms with Crippen LogP contribution in [0.4, 0.5) is 13.2 Å². The van der Waals surface area contributed by atoms with Crippen LogP contribution in [0.3, 0.4) is 0 Å². The van der Waals surface area contributed by atoms with Crippen LogP contribution < -0.4 is 5.32 Å². The maximum absolute atomic E-state index is 13.0. The summed E-state index contributed by atoms with van der Waals surface area (Å²) in [6, 6.07) is 3.11. The van der Waals surface area contributed by atoms with Crippen LogP contribution >= 0.6 is 0 Å². The Morgan fingerprint density at radius 3 is 2.70 bits per heavy atom. The molecule has 106 valence electrons. The van der Waals surface area contributed by atoms with Crippen molar-refractivity contribution >= 4 is 11.6 Å². The number of amides is 1. The largest absolute Gasteiger partial charge is 0.435 e. The minimum atomic E-state index is -4.66. The van der Waals surface area contributed by atoms with E-state index in [0.29, 0.717) is 0 Å². The molecule has 0 aromatic carbocycles. The second kappa shape index (κ2) is 4.22. The van der Waals surface area contributed by atoms with Crippen molar-refractivity contribution in [3.8, 4) is 0 Å². The molecule has 2 aromatic heterocycles. The molecule has 0 unspecified atom stereocenters. The third kappa shape index (κ3) is 2.23.